The molecule has 2 saturated heterocycles. The quantitative estimate of drug-likeness (QED) is 0.622. The fourth-order valence-corrected chi connectivity index (χ4v) is 3.95. The summed E-state index contributed by atoms with van der Waals surface area (Å²) in [4.78, 5) is 64.3. The molecule has 3 aliphatic heterocycles. The average Bonchev–Trinajstić information content (AvgIpc) is 3.04. The third-order valence-corrected chi connectivity index (χ3v) is 5.62. The van der Waals surface area contributed by atoms with E-state index in [-0.39, 0.29) is 30.5 Å². The summed E-state index contributed by atoms with van der Waals surface area (Å²) in [5.74, 6) is -2.25. The maximum absolute atomic E-state index is 13.1. The van der Waals surface area contributed by atoms with Crippen molar-refractivity contribution in [3.63, 3.8) is 0 Å². The highest BCUT2D eigenvalue weighted by molar-refractivity contribution is 6.25. The highest BCUT2D eigenvalue weighted by Gasteiger charge is 2.45. The lowest BCUT2D eigenvalue weighted by atomic mass is 10.0. The van der Waals surface area contributed by atoms with Gasteiger partial charge in [0.25, 0.3) is 11.8 Å². The number of rotatable bonds is 5. The van der Waals surface area contributed by atoms with Crippen molar-refractivity contribution >= 4 is 35.4 Å². The molecule has 0 bridgehead atoms. The monoisotopic (exact) mass is 444 g/mol. The molecule has 0 aromatic heterocycles. The minimum absolute atomic E-state index is 0.0565. The SMILES string of the molecule is C[C@H](CNc1cccc2c1C(=O)N(C1CCC(=O)NC1=O)C2=O)OC(=O)N1CCOCC1. The second-order valence-corrected chi connectivity index (χ2v) is 7.85. The van der Waals surface area contributed by atoms with Crippen LogP contribution in [0.3, 0.4) is 0 Å². The van der Waals surface area contributed by atoms with E-state index in [0.29, 0.717) is 32.0 Å². The number of ether oxygens (including phenoxy) is 2. The van der Waals surface area contributed by atoms with Crippen LogP contribution in [0, 0.1) is 0 Å². The standard InChI is InChI=1S/C21H24N4O7/c1-12(32-21(30)24-7-9-31-10-8-24)11-22-14-4-2-3-13-17(14)20(29)25(19(13)28)15-5-6-16(26)23-18(15)27/h2-4,12,15,22H,5-11H2,1H3,(H,23,26,27)/t12-,15?/m1/s1. The predicted molar refractivity (Wildman–Crippen MR) is 110 cm³/mol. The van der Waals surface area contributed by atoms with E-state index in [1.807, 2.05) is 0 Å². The zero-order chi connectivity index (χ0) is 22.8. The summed E-state index contributed by atoms with van der Waals surface area (Å²) in [6, 6.07) is 3.77. The van der Waals surface area contributed by atoms with Gasteiger partial charge in [-0.05, 0) is 25.5 Å². The van der Waals surface area contributed by atoms with E-state index >= 15 is 0 Å². The molecular formula is C21H24N4O7. The molecule has 0 radical (unpaired) electrons. The number of fused-ring (bicyclic) bond motifs is 1. The average molecular weight is 444 g/mol. The normalized spacial score (nSPS) is 21.8. The molecule has 4 rings (SSSR count). The number of carbonyl (C=O) groups excluding carboxylic acids is 5. The lowest BCUT2D eigenvalue weighted by Gasteiger charge is -2.28. The zero-order valence-corrected chi connectivity index (χ0v) is 17.6. The third kappa shape index (κ3) is 4.15. The lowest BCUT2D eigenvalue weighted by molar-refractivity contribution is -0.136. The van der Waals surface area contributed by atoms with Gasteiger partial charge in [0, 0.05) is 25.2 Å². The van der Waals surface area contributed by atoms with Gasteiger partial charge in [0.1, 0.15) is 12.1 Å². The summed E-state index contributed by atoms with van der Waals surface area (Å²) in [7, 11) is 0. The van der Waals surface area contributed by atoms with Gasteiger partial charge < -0.3 is 19.7 Å². The number of imide groups is 2. The smallest absolute Gasteiger partial charge is 0.410 e. The number of hydrogen-bond donors (Lipinski definition) is 2. The first-order chi connectivity index (χ1) is 15.4. The van der Waals surface area contributed by atoms with E-state index in [0.717, 1.165) is 4.90 Å². The molecule has 0 saturated carbocycles. The second kappa shape index (κ2) is 8.95. The van der Waals surface area contributed by atoms with Crippen LogP contribution >= 0.6 is 0 Å². The Labute approximate surface area is 184 Å². The van der Waals surface area contributed by atoms with E-state index in [4.69, 9.17) is 9.47 Å². The topological polar surface area (TPSA) is 134 Å². The van der Waals surface area contributed by atoms with Crippen LogP contribution in [-0.2, 0) is 19.1 Å². The predicted octanol–water partition coefficient (Wildman–Crippen LogP) is 0.357. The number of nitrogens with one attached hydrogen (secondary N) is 2. The molecule has 11 heteroatoms. The molecular weight excluding hydrogens is 420 g/mol. The number of nitrogens with zero attached hydrogens (tertiary/aromatic N) is 2. The Kier molecular flexibility index (Phi) is 6.08. The van der Waals surface area contributed by atoms with E-state index in [2.05, 4.69) is 10.6 Å². The first-order valence-electron chi connectivity index (χ1n) is 10.5. The fraction of sp³-hybridized carbons (Fsp3) is 0.476. The third-order valence-electron chi connectivity index (χ3n) is 5.62. The van der Waals surface area contributed by atoms with Gasteiger partial charge >= 0.3 is 6.09 Å². The van der Waals surface area contributed by atoms with Crippen LogP contribution in [0.1, 0.15) is 40.5 Å². The number of carbonyl (C=O) groups is 5. The molecule has 11 nitrogen and oxygen atoms in total. The van der Waals surface area contributed by atoms with Crippen LogP contribution in [0.5, 0.6) is 0 Å². The molecule has 0 spiro atoms. The maximum atomic E-state index is 13.1. The Bertz CT molecular complexity index is 973. The lowest BCUT2D eigenvalue weighted by Crippen LogP contribution is -2.54. The molecule has 1 aromatic carbocycles. The molecule has 3 aliphatic rings. The number of anilines is 1. The summed E-state index contributed by atoms with van der Waals surface area (Å²) >= 11 is 0. The van der Waals surface area contributed by atoms with Crippen molar-refractivity contribution in [2.45, 2.75) is 31.9 Å². The summed E-state index contributed by atoms with van der Waals surface area (Å²) in [5, 5.41) is 5.25. The molecule has 0 aliphatic carbocycles. The number of amides is 5. The largest absolute Gasteiger partial charge is 0.445 e. The minimum atomic E-state index is -1.03. The van der Waals surface area contributed by atoms with Gasteiger partial charge in [0.2, 0.25) is 11.8 Å². The summed E-state index contributed by atoms with van der Waals surface area (Å²) < 4.78 is 10.7. The van der Waals surface area contributed by atoms with Crippen molar-refractivity contribution < 1.29 is 33.4 Å². The summed E-state index contributed by atoms with van der Waals surface area (Å²) in [6.45, 7) is 3.81. The second-order valence-electron chi connectivity index (χ2n) is 7.85. The molecule has 170 valence electrons. The Morgan fingerprint density at radius 1 is 1.22 bits per heavy atom. The van der Waals surface area contributed by atoms with Gasteiger partial charge in [-0.15, -0.1) is 0 Å². The number of piperidine rings is 1. The van der Waals surface area contributed by atoms with E-state index in [9.17, 15) is 24.0 Å². The van der Waals surface area contributed by atoms with E-state index in [1.165, 1.54) is 6.07 Å². The van der Waals surface area contributed by atoms with Crippen molar-refractivity contribution in [2.75, 3.05) is 38.2 Å². The first-order valence-corrected chi connectivity index (χ1v) is 10.5. The van der Waals surface area contributed by atoms with Crippen molar-refractivity contribution in [1.29, 1.82) is 0 Å². The van der Waals surface area contributed by atoms with Crippen LogP contribution in [-0.4, -0.2) is 84.5 Å². The van der Waals surface area contributed by atoms with Crippen LogP contribution in [0.2, 0.25) is 0 Å². The Morgan fingerprint density at radius 2 is 1.97 bits per heavy atom. The van der Waals surface area contributed by atoms with Crippen LogP contribution < -0.4 is 10.6 Å². The zero-order valence-electron chi connectivity index (χ0n) is 17.6. The Hall–Kier alpha value is -3.47. The number of hydrogen-bond acceptors (Lipinski definition) is 8. The maximum Gasteiger partial charge on any atom is 0.410 e. The molecule has 32 heavy (non-hydrogen) atoms. The van der Waals surface area contributed by atoms with Gasteiger partial charge in [-0.25, -0.2) is 4.79 Å². The van der Waals surface area contributed by atoms with Crippen LogP contribution in [0.15, 0.2) is 18.2 Å². The highest BCUT2D eigenvalue weighted by Crippen LogP contribution is 2.32. The summed E-state index contributed by atoms with van der Waals surface area (Å²) in [6.07, 6.45) is -0.787. The van der Waals surface area contributed by atoms with Crippen molar-refractivity contribution in [2.24, 2.45) is 0 Å². The minimum Gasteiger partial charge on any atom is -0.445 e. The van der Waals surface area contributed by atoms with Gasteiger partial charge in [0.15, 0.2) is 0 Å². The highest BCUT2D eigenvalue weighted by atomic mass is 16.6. The fourth-order valence-electron chi connectivity index (χ4n) is 3.95. The molecule has 2 N–H and O–H groups in total. The Balaban J connectivity index is 1.43. The van der Waals surface area contributed by atoms with Gasteiger partial charge in [-0.2, -0.15) is 0 Å². The molecule has 2 fully saturated rings. The summed E-state index contributed by atoms with van der Waals surface area (Å²) in [5.41, 5.74) is 0.751. The number of morpholine rings is 1. The van der Waals surface area contributed by atoms with Crippen molar-refractivity contribution in [3.05, 3.63) is 29.3 Å². The van der Waals surface area contributed by atoms with E-state index in [1.54, 1.807) is 24.0 Å². The molecule has 1 aromatic rings. The Morgan fingerprint density at radius 3 is 2.69 bits per heavy atom. The van der Waals surface area contributed by atoms with Crippen LogP contribution in [0.4, 0.5) is 10.5 Å². The van der Waals surface area contributed by atoms with Gasteiger partial charge in [-0.1, -0.05) is 6.07 Å². The van der Waals surface area contributed by atoms with Crippen molar-refractivity contribution in [1.82, 2.24) is 15.1 Å². The molecule has 5 amide bonds. The van der Waals surface area contributed by atoms with Gasteiger partial charge in [0.05, 0.1) is 30.9 Å². The molecule has 3 heterocycles. The number of benzene rings is 1. The van der Waals surface area contributed by atoms with E-state index < -0.39 is 41.9 Å². The molecule has 2 atom stereocenters. The van der Waals surface area contributed by atoms with Gasteiger partial charge in [-0.3, -0.25) is 29.4 Å². The first kappa shape index (κ1) is 21.8. The molecule has 1 unspecified atom stereocenters. The van der Waals surface area contributed by atoms with Crippen molar-refractivity contribution in [3.8, 4) is 0 Å². The van der Waals surface area contributed by atoms with Crippen LogP contribution in [0.25, 0.3) is 0 Å².